The van der Waals surface area contributed by atoms with Gasteiger partial charge in [0, 0.05) is 27.1 Å². The van der Waals surface area contributed by atoms with Crippen LogP contribution in [0.25, 0.3) is 0 Å². The van der Waals surface area contributed by atoms with E-state index < -0.39 is 11.9 Å². The van der Waals surface area contributed by atoms with E-state index in [0.29, 0.717) is 19.7 Å². The Balaban J connectivity index is 2.70. The van der Waals surface area contributed by atoms with Crippen molar-refractivity contribution in [1.82, 2.24) is 9.80 Å². The third-order valence-electron chi connectivity index (χ3n) is 2.99. The molecule has 0 unspecified atom stereocenters. The minimum absolute atomic E-state index is 0.120. The molecule has 0 radical (unpaired) electrons. The van der Waals surface area contributed by atoms with E-state index in [9.17, 15) is 14.4 Å². The van der Waals surface area contributed by atoms with Crippen molar-refractivity contribution in [2.75, 3.05) is 33.4 Å². The number of primary amides is 1. The van der Waals surface area contributed by atoms with Gasteiger partial charge >= 0.3 is 0 Å². The standard InChI is InChI=1S/C11H19N3O4/c1-8(15)13-4-5-14(9(7-13)11(12)17)10(16)3-6-18-2/h9H,3-7H2,1-2H3,(H2,12,17)/t9-/m0/s1. The van der Waals surface area contributed by atoms with Gasteiger partial charge in [-0.1, -0.05) is 0 Å². The Kier molecular flexibility index (Phi) is 5.08. The molecule has 1 rings (SSSR count). The molecule has 1 aliphatic rings. The van der Waals surface area contributed by atoms with E-state index in [0.717, 1.165) is 0 Å². The highest BCUT2D eigenvalue weighted by atomic mass is 16.5. The molecule has 102 valence electrons. The van der Waals surface area contributed by atoms with Gasteiger partial charge in [-0.25, -0.2) is 0 Å². The molecule has 3 amide bonds. The zero-order valence-corrected chi connectivity index (χ0v) is 10.7. The highest BCUT2D eigenvalue weighted by Gasteiger charge is 2.34. The van der Waals surface area contributed by atoms with Gasteiger partial charge in [-0.2, -0.15) is 0 Å². The molecule has 0 aromatic carbocycles. The van der Waals surface area contributed by atoms with E-state index in [4.69, 9.17) is 10.5 Å². The number of amides is 3. The summed E-state index contributed by atoms with van der Waals surface area (Å²) in [5.74, 6) is -0.888. The predicted molar refractivity (Wildman–Crippen MR) is 63.4 cm³/mol. The maximum absolute atomic E-state index is 11.9. The number of hydrogen-bond donors (Lipinski definition) is 1. The fourth-order valence-electron chi connectivity index (χ4n) is 1.94. The number of nitrogens with zero attached hydrogens (tertiary/aromatic N) is 2. The van der Waals surface area contributed by atoms with Crippen LogP contribution < -0.4 is 5.73 Å². The smallest absolute Gasteiger partial charge is 0.242 e. The Morgan fingerprint density at radius 2 is 2.00 bits per heavy atom. The zero-order valence-electron chi connectivity index (χ0n) is 10.7. The summed E-state index contributed by atoms with van der Waals surface area (Å²) < 4.78 is 4.83. The van der Waals surface area contributed by atoms with Crippen molar-refractivity contribution in [1.29, 1.82) is 0 Å². The number of carbonyl (C=O) groups excluding carboxylic acids is 3. The number of methoxy groups -OCH3 is 1. The van der Waals surface area contributed by atoms with E-state index in [1.165, 1.54) is 23.8 Å². The number of nitrogens with two attached hydrogens (primary N) is 1. The first-order chi connectivity index (χ1) is 8.47. The molecule has 1 heterocycles. The minimum Gasteiger partial charge on any atom is -0.384 e. The van der Waals surface area contributed by atoms with Crippen LogP contribution in [-0.4, -0.2) is 66.9 Å². The summed E-state index contributed by atoms with van der Waals surface area (Å²) in [6.07, 6.45) is 0.209. The molecule has 1 saturated heterocycles. The summed E-state index contributed by atoms with van der Waals surface area (Å²) in [7, 11) is 1.51. The average molecular weight is 257 g/mol. The third kappa shape index (κ3) is 3.43. The molecule has 0 aromatic rings. The van der Waals surface area contributed by atoms with Crippen LogP contribution in [0.15, 0.2) is 0 Å². The highest BCUT2D eigenvalue weighted by Crippen LogP contribution is 2.11. The molecule has 0 aliphatic carbocycles. The number of rotatable bonds is 4. The first-order valence-electron chi connectivity index (χ1n) is 5.80. The molecule has 0 saturated carbocycles. The lowest BCUT2D eigenvalue weighted by atomic mass is 10.1. The van der Waals surface area contributed by atoms with Gasteiger partial charge in [0.15, 0.2) is 0 Å². The van der Waals surface area contributed by atoms with Crippen LogP contribution in [0.1, 0.15) is 13.3 Å². The fraction of sp³-hybridized carbons (Fsp3) is 0.727. The minimum atomic E-state index is -0.744. The monoisotopic (exact) mass is 257 g/mol. The lowest BCUT2D eigenvalue weighted by Gasteiger charge is -2.39. The Bertz CT molecular complexity index is 345. The molecule has 7 nitrogen and oxygen atoms in total. The van der Waals surface area contributed by atoms with E-state index in [1.54, 1.807) is 0 Å². The van der Waals surface area contributed by atoms with E-state index in [-0.39, 0.29) is 24.8 Å². The highest BCUT2D eigenvalue weighted by molar-refractivity contribution is 5.88. The van der Waals surface area contributed by atoms with Crippen LogP contribution in [0.4, 0.5) is 0 Å². The van der Waals surface area contributed by atoms with Gasteiger partial charge in [-0.15, -0.1) is 0 Å². The first-order valence-corrected chi connectivity index (χ1v) is 5.80. The van der Waals surface area contributed by atoms with Gasteiger partial charge < -0.3 is 20.3 Å². The zero-order chi connectivity index (χ0) is 13.7. The van der Waals surface area contributed by atoms with Gasteiger partial charge in [0.05, 0.1) is 19.6 Å². The number of piperazine rings is 1. The number of hydrogen-bond acceptors (Lipinski definition) is 4. The second-order valence-electron chi connectivity index (χ2n) is 4.21. The van der Waals surface area contributed by atoms with E-state index >= 15 is 0 Å². The van der Waals surface area contributed by atoms with E-state index in [2.05, 4.69) is 0 Å². The van der Waals surface area contributed by atoms with Crippen LogP contribution in [0.3, 0.4) is 0 Å². The molecule has 1 fully saturated rings. The largest absolute Gasteiger partial charge is 0.384 e. The molecule has 18 heavy (non-hydrogen) atoms. The predicted octanol–water partition coefficient (Wildman–Crippen LogP) is -1.43. The van der Waals surface area contributed by atoms with Crippen molar-refractivity contribution in [3.05, 3.63) is 0 Å². The van der Waals surface area contributed by atoms with Crippen LogP contribution in [0.2, 0.25) is 0 Å². The third-order valence-corrected chi connectivity index (χ3v) is 2.99. The molecular weight excluding hydrogens is 238 g/mol. The quantitative estimate of drug-likeness (QED) is 0.668. The Labute approximate surface area is 106 Å². The summed E-state index contributed by atoms with van der Waals surface area (Å²) in [5.41, 5.74) is 5.28. The van der Waals surface area contributed by atoms with Gasteiger partial charge in [0.25, 0.3) is 0 Å². The van der Waals surface area contributed by atoms with Crippen LogP contribution >= 0.6 is 0 Å². The number of carbonyl (C=O) groups is 3. The van der Waals surface area contributed by atoms with Crippen LogP contribution in [0, 0.1) is 0 Å². The van der Waals surface area contributed by atoms with Gasteiger partial charge in [0.1, 0.15) is 6.04 Å². The maximum Gasteiger partial charge on any atom is 0.242 e. The van der Waals surface area contributed by atoms with E-state index in [1.807, 2.05) is 0 Å². The molecule has 1 aliphatic heterocycles. The Hall–Kier alpha value is -1.63. The fourth-order valence-corrected chi connectivity index (χ4v) is 1.94. The van der Waals surface area contributed by atoms with Gasteiger partial charge in [-0.3, -0.25) is 14.4 Å². The van der Waals surface area contributed by atoms with Crippen LogP contribution in [0.5, 0.6) is 0 Å². The molecular formula is C11H19N3O4. The lowest BCUT2D eigenvalue weighted by Crippen LogP contribution is -2.60. The lowest BCUT2D eigenvalue weighted by molar-refractivity contribution is -0.147. The van der Waals surface area contributed by atoms with Crippen molar-refractivity contribution < 1.29 is 19.1 Å². The van der Waals surface area contributed by atoms with Gasteiger partial charge in [-0.05, 0) is 0 Å². The molecule has 0 aromatic heterocycles. The average Bonchev–Trinajstić information content (AvgIpc) is 2.34. The molecule has 0 spiro atoms. The Morgan fingerprint density at radius 1 is 1.33 bits per heavy atom. The number of ether oxygens (including phenoxy) is 1. The molecule has 1 atom stereocenters. The van der Waals surface area contributed by atoms with Crippen molar-refractivity contribution in [2.24, 2.45) is 5.73 Å². The first kappa shape index (κ1) is 14.4. The summed E-state index contributed by atoms with van der Waals surface area (Å²) in [4.78, 5) is 37.5. The molecule has 0 bridgehead atoms. The van der Waals surface area contributed by atoms with Crippen molar-refractivity contribution in [3.63, 3.8) is 0 Å². The summed E-state index contributed by atoms with van der Waals surface area (Å²) >= 11 is 0. The topological polar surface area (TPSA) is 92.9 Å². The van der Waals surface area contributed by atoms with Crippen molar-refractivity contribution >= 4 is 17.7 Å². The molecule has 2 N–H and O–H groups in total. The normalized spacial score (nSPS) is 19.8. The summed E-state index contributed by atoms with van der Waals surface area (Å²) in [6.45, 7) is 2.66. The SMILES string of the molecule is COCCC(=O)N1CCN(C(C)=O)C[C@H]1C(N)=O. The maximum atomic E-state index is 11.9. The summed E-state index contributed by atoms with van der Waals surface area (Å²) in [6, 6.07) is -0.744. The molecule has 7 heteroatoms. The second-order valence-corrected chi connectivity index (χ2v) is 4.21. The van der Waals surface area contributed by atoms with Crippen LogP contribution in [-0.2, 0) is 19.1 Å². The summed E-state index contributed by atoms with van der Waals surface area (Å²) in [5, 5.41) is 0. The van der Waals surface area contributed by atoms with Crippen molar-refractivity contribution in [2.45, 2.75) is 19.4 Å². The van der Waals surface area contributed by atoms with Gasteiger partial charge in [0.2, 0.25) is 17.7 Å². The van der Waals surface area contributed by atoms with Crippen molar-refractivity contribution in [3.8, 4) is 0 Å². The second kappa shape index (κ2) is 6.34. The Morgan fingerprint density at radius 3 is 2.50 bits per heavy atom.